The largest absolute Gasteiger partial charge is 0.478 e. The van der Waals surface area contributed by atoms with Crippen LogP contribution in [0.1, 0.15) is 49.4 Å². The fourth-order valence-corrected chi connectivity index (χ4v) is 3.01. The summed E-state index contributed by atoms with van der Waals surface area (Å²) >= 11 is 6.14. The van der Waals surface area contributed by atoms with Crippen LogP contribution in [0.2, 0.25) is 5.02 Å². The van der Waals surface area contributed by atoms with Gasteiger partial charge in [-0.1, -0.05) is 37.8 Å². The Bertz CT molecular complexity index is 461. The number of rotatable bonds is 4. The van der Waals surface area contributed by atoms with Gasteiger partial charge in [0, 0.05) is 6.04 Å². The van der Waals surface area contributed by atoms with Gasteiger partial charge in [0.2, 0.25) is 0 Å². The number of carbonyl (C=O) groups is 1. The zero-order chi connectivity index (χ0) is 13.8. The molecular formula is C15H20ClNO2. The molecule has 1 saturated carbocycles. The van der Waals surface area contributed by atoms with Crippen molar-refractivity contribution in [3.8, 4) is 0 Å². The Balaban J connectivity index is 2.04. The highest BCUT2D eigenvalue weighted by Gasteiger charge is 2.21. The van der Waals surface area contributed by atoms with Crippen molar-refractivity contribution in [2.75, 3.05) is 5.32 Å². The van der Waals surface area contributed by atoms with Crippen molar-refractivity contribution in [2.24, 2.45) is 5.92 Å². The summed E-state index contributed by atoms with van der Waals surface area (Å²) in [7, 11) is 0. The molecule has 1 fully saturated rings. The Morgan fingerprint density at radius 2 is 2.26 bits per heavy atom. The average Bonchev–Trinajstić information content (AvgIpc) is 2.41. The van der Waals surface area contributed by atoms with E-state index in [1.54, 1.807) is 12.1 Å². The maximum absolute atomic E-state index is 10.9. The SMILES string of the molecule is CCC1CCCC(Nc2ccc(C(=O)O)cc2Cl)C1. The molecule has 3 nitrogen and oxygen atoms in total. The molecule has 1 aromatic rings. The van der Waals surface area contributed by atoms with E-state index in [2.05, 4.69) is 12.2 Å². The highest BCUT2D eigenvalue weighted by molar-refractivity contribution is 6.33. The third kappa shape index (κ3) is 3.63. The van der Waals surface area contributed by atoms with Crippen LogP contribution in [0, 0.1) is 5.92 Å². The van der Waals surface area contributed by atoms with E-state index in [0.29, 0.717) is 11.1 Å². The molecule has 0 aromatic heterocycles. The fourth-order valence-electron chi connectivity index (χ4n) is 2.78. The van der Waals surface area contributed by atoms with Gasteiger partial charge in [0.15, 0.2) is 0 Å². The first-order valence-corrected chi connectivity index (χ1v) is 7.27. The molecule has 0 spiro atoms. The van der Waals surface area contributed by atoms with Crippen molar-refractivity contribution in [3.63, 3.8) is 0 Å². The molecule has 0 saturated heterocycles. The molecule has 0 amide bonds. The first kappa shape index (κ1) is 14.2. The van der Waals surface area contributed by atoms with Crippen LogP contribution in [-0.4, -0.2) is 17.1 Å². The third-order valence-electron chi connectivity index (χ3n) is 3.94. The van der Waals surface area contributed by atoms with Gasteiger partial charge in [-0.25, -0.2) is 4.79 Å². The normalized spacial score (nSPS) is 23.1. The van der Waals surface area contributed by atoms with Crippen LogP contribution in [0.3, 0.4) is 0 Å². The molecule has 2 unspecified atom stereocenters. The number of hydrogen-bond donors (Lipinski definition) is 2. The summed E-state index contributed by atoms with van der Waals surface area (Å²) in [6.07, 6.45) is 6.13. The number of anilines is 1. The molecular weight excluding hydrogens is 262 g/mol. The highest BCUT2D eigenvalue weighted by Crippen LogP contribution is 2.31. The lowest BCUT2D eigenvalue weighted by Crippen LogP contribution is -2.27. The van der Waals surface area contributed by atoms with Crippen molar-refractivity contribution in [1.29, 1.82) is 0 Å². The molecule has 0 heterocycles. The van der Waals surface area contributed by atoms with Crippen LogP contribution in [0.25, 0.3) is 0 Å². The lowest BCUT2D eigenvalue weighted by atomic mass is 9.84. The Labute approximate surface area is 119 Å². The van der Waals surface area contributed by atoms with E-state index >= 15 is 0 Å². The molecule has 19 heavy (non-hydrogen) atoms. The van der Waals surface area contributed by atoms with Gasteiger partial charge < -0.3 is 10.4 Å². The van der Waals surface area contributed by atoms with Gasteiger partial charge in [0.1, 0.15) is 0 Å². The number of nitrogens with one attached hydrogen (secondary N) is 1. The van der Waals surface area contributed by atoms with Gasteiger partial charge in [-0.3, -0.25) is 0 Å². The Morgan fingerprint density at radius 3 is 2.89 bits per heavy atom. The van der Waals surface area contributed by atoms with Crippen molar-refractivity contribution in [1.82, 2.24) is 0 Å². The molecule has 1 aliphatic carbocycles. The summed E-state index contributed by atoms with van der Waals surface area (Å²) < 4.78 is 0. The number of halogens is 1. The maximum atomic E-state index is 10.9. The monoisotopic (exact) mass is 281 g/mol. The van der Waals surface area contributed by atoms with Gasteiger partial charge in [0.05, 0.1) is 16.3 Å². The Morgan fingerprint density at radius 1 is 1.47 bits per heavy atom. The topological polar surface area (TPSA) is 49.3 Å². The number of hydrogen-bond acceptors (Lipinski definition) is 2. The van der Waals surface area contributed by atoms with Gasteiger partial charge in [-0.05, 0) is 37.0 Å². The van der Waals surface area contributed by atoms with E-state index < -0.39 is 5.97 Å². The summed E-state index contributed by atoms with van der Waals surface area (Å²) in [5.74, 6) is -0.152. The smallest absolute Gasteiger partial charge is 0.335 e. The summed E-state index contributed by atoms with van der Waals surface area (Å²) in [5, 5.41) is 12.8. The van der Waals surface area contributed by atoms with Crippen molar-refractivity contribution in [3.05, 3.63) is 28.8 Å². The Hall–Kier alpha value is -1.22. The second-order valence-corrected chi connectivity index (χ2v) is 5.69. The summed E-state index contributed by atoms with van der Waals surface area (Å²) in [5.41, 5.74) is 1.07. The predicted octanol–water partition coefficient (Wildman–Crippen LogP) is 4.42. The van der Waals surface area contributed by atoms with Gasteiger partial charge >= 0.3 is 5.97 Å². The molecule has 4 heteroatoms. The van der Waals surface area contributed by atoms with Crippen LogP contribution in [0.5, 0.6) is 0 Å². The maximum Gasteiger partial charge on any atom is 0.335 e. The van der Waals surface area contributed by atoms with Crippen molar-refractivity contribution >= 4 is 23.3 Å². The number of carboxylic acid groups (broad SMARTS) is 1. The molecule has 0 bridgehead atoms. The summed E-state index contributed by atoms with van der Waals surface area (Å²) in [6.45, 7) is 2.24. The lowest BCUT2D eigenvalue weighted by molar-refractivity contribution is 0.0697. The molecule has 1 aromatic carbocycles. The van der Waals surface area contributed by atoms with Crippen LogP contribution < -0.4 is 5.32 Å². The van der Waals surface area contributed by atoms with E-state index in [4.69, 9.17) is 16.7 Å². The second-order valence-electron chi connectivity index (χ2n) is 5.28. The van der Waals surface area contributed by atoms with Gasteiger partial charge in [0.25, 0.3) is 0 Å². The molecule has 2 rings (SSSR count). The fraction of sp³-hybridized carbons (Fsp3) is 0.533. The van der Waals surface area contributed by atoms with Crippen LogP contribution in [0.4, 0.5) is 5.69 Å². The number of aromatic carboxylic acids is 1. The molecule has 1 aliphatic rings. The third-order valence-corrected chi connectivity index (χ3v) is 4.25. The quantitative estimate of drug-likeness (QED) is 0.859. The molecule has 104 valence electrons. The lowest BCUT2D eigenvalue weighted by Gasteiger charge is -2.30. The van der Waals surface area contributed by atoms with Crippen molar-refractivity contribution in [2.45, 2.75) is 45.1 Å². The van der Waals surface area contributed by atoms with Gasteiger partial charge in [-0.2, -0.15) is 0 Å². The molecule has 2 N–H and O–H groups in total. The zero-order valence-corrected chi connectivity index (χ0v) is 11.9. The second kappa shape index (κ2) is 6.29. The van der Waals surface area contributed by atoms with Crippen LogP contribution in [-0.2, 0) is 0 Å². The first-order chi connectivity index (χ1) is 9.10. The predicted molar refractivity (Wildman–Crippen MR) is 78.1 cm³/mol. The van der Waals surface area contributed by atoms with E-state index in [0.717, 1.165) is 18.0 Å². The average molecular weight is 282 g/mol. The number of benzene rings is 1. The van der Waals surface area contributed by atoms with E-state index in [9.17, 15) is 4.79 Å². The van der Waals surface area contributed by atoms with E-state index in [-0.39, 0.29) is 5.56 Å². The molecule has 2 atom stereocenters. The molecule has 0 aliphatic heterocycles. The zero-order valence-electron chi connectivity index (χ0n) is 11.2. The van der Waals surface area contributed by atoms with Crippen LogP contribution in [0.15, 0.2) is 18.2 Å². The minimum Gasteiger partial charge on any atom is -0.478 e. The summed E-state index contributed by atoms with van der Waals surface area (Å²) in [4.78, 5) is 10.9. The van der Waals surface area contributed by atoms with E-state index in [1.807, 2.05) is 0 Å². The minimum atomic E-state index is -0.947. The number of carboxylic acids is 1. The standard InChI is InChI=1S/C15H20ClNO2/c1-2-10-4-3-5-12(8-10)17-14-7-6-11(15(18)19)9-13(14)16/h6-7,9-10,12,17H,2-5,8H2,1H3,(H,18,19). The van der Waals surface area contributed by atoms with Crippen molar-refractivity contribution < 1.29 is 9.90 Å². The minimum absolute atomic E-state index is 0.227. The highest BCUT2D eigenvalue weighted by atomic mass is 35.5. The van der Waals surface area contributed by atoms with Gasteiger partial charge in [-0.15, -0.1) is 0 Å². The van der Waals surface area contributed by atoms with Crippen LogP contribution >= 0.6 is 11.6 Å². The Kier molecular flexibility index (Phi) is 4.70. The van der Waals surface area contributed by atoms with E-state index in [1.165, 1.54) is 31.7 Å². The summed E-state index contributed by atoms with van der Waals surface area (Å²) in [6, 6.07) is 5.32. The first-order valence-electron chi connectivity index (χ1n) is 6.89. The molecule has 0 radical (unpaired) electrons.